The van der Waals surface area contributed by atoms with Crippen LogP contribution in [0.25, 0.3) is 10.7 Å². The minimum absolute atomic E-state index is 0.149. The van der Waals surface area contributed by atoms with E-state index in [2.05, 4.69) is 25.6 Å². The fourth-order valence-electron chi connectivity index (χ4n) is 3.60. The largest absolute Gasteiger partial charge is 0.298 e. The molecule has 0 bridgehead atoms. The zero-order valence-corrected chi connectivity index (χ0v) is 20.5. The molecule has 2 aromatic heterocycles. The van der Waals surface area contributed by atoms with Crippen molar-refractivity contribution in [1.82, 2.24) is 19.5 Å². The van der Waals surface area contributed by atoms with Crippen molar-refractivity contribution in [2.24, 2.45) is 0 Å². The third-order valence-electron chi connectivity index (χ3n) is 5.53. The van der Waals surface area contributed by atoms with Gasteiger partial charge in [0.1, 0.15) is 0 Å². The van der Waals surface area contributed by atoms with Gasteiger partial charge in [0.05, 0.1) is 15.0 Å². The Morgan fingerprint density at radius 3 is 2.48 bits per heavy atom. The van der Waals surface area contributed by atoms with Crippen molar-refractivity contribution in [3.05, 3.63) is 83.2 Å². The van der Waals surface area contributed by atoms with Crippen LogP contribution in [0.4, 0.5) is 0 Å². The Morgan fingerprint density at radius 2 is 1.82 bits per heavy atom. The van der Waals surface area contributed by atoms with Gasteiger partial charge in [0.15, 0.2) is 11.0 Å². The van der Waals surface area contributed by atoms with Crippen molar-refractivity contribution < 1.29 is 8.42 Å². The van der Waals surface area contributed by atoms with Crippen LogP contribution < -0.4 is 4.72 Å². The SMILES string of the molecule is Cc1ccc(S(=O)(=O)NC[C@@H](Sc2nnc(-c3cccs3)n2C2CC2)c2ccccc2)cc1. The van der Waals surface area contributed by atoms with Gasteiger partial charge >= 0.3 is 0 Å². The summed E-state index contributed by atoms with van der Waals surface area (Å²) in [5, 5.41) is 11.7. The lowest BCUT2D eigenvalue weighted by Crippen LogP contribution is -2.28. The molecule has 9 heteroatoms. The highest BCUT2D eigenvalue weighted by atomic mass is 32.2. The number of hydrogen-bond acceptors (Lipinski definition) is 6. The molecule has 0 unspecified atom stereocenters. The van der Waals surface area contributed by atoms with Gasteiger partial charge in [0.2, 0.25) is 10.0 Å². The predicted octanol–water partition coefficient (Wildman–Crippen LogP) is 5.46. The fraction of sp³-hybridized carbons (Fsp3) is 0.250. The van der Waals surface area contributed by atoms with E-state index in [9.17, 15) is 8.42 Å². The third kappa shape index (κ3) is 5.06. The summed E-state index contributed by atoms with van der Waals surface area (Å²) in [6.45, 7) is 2.18. The minimum Gasteiger partial charge on any atom is -0.298 e. The van der Waals surface area contributed by atoms with Crippen molar-refractivity contribution >= 4 is 33.1 Å². The van der Waals surface area contributed by atoms with Crippen LogP contribution in [0.15, 0.2) is 82.2 Å². The summed E-state index contributed by atoms with van der Waals surface area (Å²) in [6, 6.07) is 21.3. The monoisotopic (exact) mass is 496 g/mol. The number of nitrogens with zero attached hydrogens (tertiary/aromatic N) is 3. The van der Waals surface area contributed by atoms with Crippen LogP contribution >= 0.6 is 23.1 Å². The average Bonchev–Trinajstić information content (AvgIpc) is 3.34. The summed E-state index contributed by atoms with van der Waals surface area (Å²) < 4.78 is 30.9. The second-order valence-corrected chi connectivity index (χ2v) is 12.0. The molecular weight excluding hydrogens is 472 g/mol. The number of sulfonamides is 1. The summed E-state index contributed by atoms with van der Waals surface area (Å²) in [6.07, 6.45) is 2.22. The Balaban J connectivity index is 1.42. The maximum Gasteiger partial charge on any atom is 0.240 e. The zero-order valence-electron chi connectivity index (χ0n) is 18.1. The maximum atomic E-state index is 12.9. The van der Waals surface area contributed by atoms with Crippen LogP contribution in [0.2, 0.25) is 0 Å². The van der Waals surface area contributed by atoms with E-state index in [0.29, 0.717) is 6.04 Å². The lowest BCUT2D eigenvalue weighted by atomic mass is 10.1. The van der Waals surface area contributed by atoms with E-state index in [1.165, 1.54) is 0 Å². The van der Waals surface area contributed by atoms with Crippen LogP contribution in [0, 0.1) is 6.92 Å². The van der Waals surface area contributed by atoms with E-state index in [0.717, 1.165) is 39.8 Å². The lowest BCUT2D eigenvalue weighted by molar-refractivity contribution is 0.581. The van der Waals surface area contributed by atoms with Crippen molar-refractivity contribution in [2.45, 2.75) is 41.1 Å². The van der Waals surface area contributed by atoms with Gasteiger partial charge in [-0.05, 0) is 48.9 Å². The number of aromatic nitrogens is 3. The Bertz CT molecular complexity index is 1310. The van der Waals surface area contributed by atoms with Crippen molar-refractivity contribution in [1.29, 1.82) is 0 Å². The molecule has 0 aliphatic heterocycles. The fourth-order valence-corrected chi connectivity index (χ4v) is 6.61. The Labute approximate surface area is 202 Å². The highest BCUT2D eigenvalue weighted by molar-refractivity contribution is 7.99. The molecule has 1 atom stereocenters. The van der Waals surface area contributed by atoms with Gasteiger partial charge in [0, 0.05) is 12.6 Å². The molecule has 5 rings (SSSR count). The molecule has 1 aliphatic carbocycles. The van der Waals surface area contributed by atoms with E-state index in [-0.39, 0.29) is 16.7 Å². The molecule has 0 spiro atoms. The molecular formula is C24H24N4O2S3. The normalized spacial score (nSPS) is 14.9. The molecule has 2 aromatic carbocycles. The first kappa shape index (κ1) is 22.3. The molecule has 33 heavy (non-hydrogen) atoms. The molecule has 4 aromatic rings. The number of benzene rings is 2. The molecule has 170 valence electrons. The highest BCUT2D eigenvalue weighted by Gasteiger charge is 2.32. The van der Waals surface area contributed by atoms with Crippen LogP contribution in [0.5, 0.6) is 0 Å². The summed E-state index contributed by atoms with van der Waals surface area (Å²) in [5.41, 5.74) is 2.06. The molecule has 0 radical (unpaired) electrons. The molecule has 1 fully saturated rings. The van der Waals surface area contributed by atoms with Gasteiger partial charge in [-0.3, -0.25) is 4.57 Å². The number of rotatable bonds is 9. The average molecular weight is 497 g/mol. The summed E-state index contributed by atoms with van der Waals surface area (Å²) in [5.74, 6) is 0.891. The van der Waals surface area contributed by atoms with Gasteiger partial charge in [-0.1, -0.05) is 65.9 Å². The van der Waals surface area contributed by atoms with E-state index in [1.807, 2.05) is 60.8 Å². The molecule has 6 nitrogen and oxygen atoms in total. The number of thioether (sulfide) groups is 1. The van der Waals surface area contributed by atoms with E-state index in [4.69, 9.17) is 0 Å². The lowest BCUT2D eigenvalue weighted by Gasteiger charge is -2.18. The third-order valence-corrected chi connectivity index (χ3v) is 9.04. The van der Waals surface area contributed by atoms with Crippen LogP contribution in [0.3, 0.4) is 0 Å². The summed E-state index contributed by atoms with van der Waals surface area (Å²) >= 11 is 3.21. The van der Waals surface area contributed by atoms with Gasteiger partial charge in [0.25, 0.3) is 0 Å². The predicted molar refractivity (Wildman–Crippen MR) is 133 cm³/mol. The van der Waals surface area contributed by atoms with Gasteiger partial charge < -0.3 is 0 Å². The molecule has 2 heterocycles. The van der Waals surface area contributed by atoms with E-state index >= 15 is 0 Å². The number of nitrogens with one attached hydrogen (secondary N) is 1. The summed E-state index contributed by atoms with van der Waals surface area (Å²) in [7, 11) is -3.62. The van der Waals surface area contributed by atoms with Gasteiger partial charge in [-0.2, -0.15) is 0 Å². The summed E-state index contributed by atoms with van der Waals surface area (Å²) in [4.78, 5) is 1.36. The Hall–Kier alpha value is -2.46. The first-order valence-electron chi connectivity index (χ1n) is 10.8. The minimum atomic E-state index is -3.62. The Kier molecular flexibility index (Phi) is 6.38. The van der Waals surface area contributed by atoms with Crippen molar-refractivity contribution in [2.75, 3.05) is 6.54 Å². The second-order valence-electron chi connectivity index (χ2n) is 8.07. The molecule has 1 N–H and O–H groups in total. The van der Waals surface area contributed by atoms with E-state index < -0.39 is 10.0 Å². The topological polar surface area (TPSA) is 76.9 Å². The van der Waals surface area contributed by atoms with Crippen molar-refractivity contribution in [3.63, 3.8) is 0 Å². The van der Waals surface area contributed by atoms with Crippen LogP contribution in [0.1, 0.15) is 35.3 Å². The van der Waals surface area contributed by atoms with Gasteiger partial charge in [-0.15, -0.1) is 21.5 Å². The quantitative estimate of drug-likeness (QED) is 0.311. The maximum absolute atomic E-state index is 12.9. The number of aryl methyl sites for hydroxylation is 1. The van der Waals surface area contributed by atoms with Crippen LogP contribution in [-0.2, 0) is 10.0 Å². The second kappa shape index (κ2) is 9.42. The van der Waals surface area contributed by atoms with E-state index in [1.54, 1.807) is 35.2 Å². The smallest absolute Gasteiger partial charge is 0.240 e. The number of thiophene rings is 1. The first-order valence-corrected chi connectivity index (χ1v) is 14.0. The molecule has 1 aliphatic rings. The molecule has 0 saturated heterocycles. The number of hydrogen-bond donors (Lipinski definition) is 1. The highest BCUT2D eigenvalue weighted by Crippen LogP contribution is 2.44. The van der Waals surface area contributed by atoms with Crippen LogP contribution in [-0.4, -0.2) is 29.7 Å². The van der Waals surface area contributed by atoms with Gasteiger partial charge in [-0.25, -0.2) is 13.1 Å². The molecule has 1 saturated carbocycles. The molecule has 0 amide bonds. The standard InChI is InChI=1S/C24H24N4O2S3/c1-17-9-13-20(14-10-17)33(29,30)25-16-22(18-6-3-2-4-7-18)32-24-27-26-23(21-8-5-15-31-21)28(24)19-11-12-19/h2-10,13-15,19,22,25H,11-12,16H2,1H3/t22-/m1/s1. The van der Waals surface area contributed by atoms with Crippen molar-refractivity contribution in [3.8, 4) is 10.7 Å². The first-order chi connectivity index (χ1) is 16.0. The zero-order chi connectivity index (χ0) is 22.8. The Morgan fingerprint density at radius 1 is 1.06 bits per heavy atom.